The standard InChI is InChI=1S/C18H20N2O3/c1-12(2)19-17(21)13-4-8-15(9-5-13)20-18(22)14-6-10-16(23-3)11-7-14/h4-12H,1-3H3,(H,19,21)(H,20,22). The van der Waals surface area contributed by atoms with Crippen LogP contribution in [-0.2, 0) is 0 Å². The number of hydrogen-bond acceptors (Lipinski definition) is 3. The molecule has 2 aromatic rings. The van der Waals surface area contributed by atoms with E-state index in [1.807, 2.05) is 13.8 Å². The molecule has 0 aliphatic rings. The number of methoxy groups -OCH3 is 1. The van der Waals surface area contributed by atoms with Crippen LogP contribution >= 0.6 is 0 Å². The van der Waals surface area contributed by atoms with E-state index in [2.05, 4.69) is 10.6 Å². The van der Waals surface area contributed by atoms with E-state index in [1.54, 1.807) is 55.6 Å². The number of amides is 2. The number of carbonyl (C=O) groups is 2. The summed E-state index contributed by atoms with van der Waals surface area (Å²) in [6.07, 6.45) is 0. The van der Waals surface area contributed by atoms with Crippen LogP contribution in [0.3, 0.4) is 0 Å². The second-order valence-electron chi connectivity index (χ2n) is 5.39. The number of benzene rings is 2. The highest BCUT2D eigenvalue weighted by atomic mass is 16.5. The Morgan fingerprint density at radius 3 is 1.91 bits per heavy atom. The van der Waals surface area contributed by atoms with Crippen LogP contribution in [-0.4, -0.2) is 25.0 Å². The quantitative estimate of drug-likeness (QED) is 0.891. The molecule has 2 aromatic carbocycles. The van der Waals surface area contributed by atoms with Gasteiger partial charge < -0.3 is 15.4 Å². The molecule has 0 saturated heterocycles. The second kappa shape index (κ2) is 7.45. The van der Waals surface area contributed by atoms with Crippen molar-refractivity contribution in [3.63, 3.8) is 0 Å². The van der Waals surface area contributed by atoms with Crippen molar-refractivity contribution in [1.29, 1.82) is 0 Å². The van der Waals surface area contributed by atoms with Crippen LogP contribution in [0.1, 0.15) is 34.6 Å². The van der Waals surface area contributed by atoms with Crippen molar-refractivity contribution < 1.29 is 14.3 Å². The second-order valence-corrected chi connectivity index (χ2v) is 5.39. The van der Waals surface area contributed by atoms with E-state index in [1.165, 1.54) is 0 Å². The maximum absolute atomic E-state index is 12.1. The van der Waals surface area contributed by atoms with Gasteiger partial charge in [0.05, 0.1) is 7.11 Å². The van der Waals surface area contributed by atoms with E-state index in [0.29, 0.717) is 22.6 Å². The number of rotatable bonds is 5. The third-order valence-electron chi connectivity index (χ3n) is 3.18. The van der Waals surface area contributed by atoms with E-state index in [4.69, 9.17) is 4.74 Å². The molecular weight excluding hydrogens is 292 g/mol. The van der Waals surface area contributed by atoms with Crippen molar-refractivity contribution in [2.75, 3.05) is 12.4 Å². The van der Waals surface area contributed by atoms with Crippen molar-refractivity contribution in [1.82, 2.24) is 5.32 Å². The SMILES string of the molecule is COc1ccc(C(=O)Nc2ccc(C(=O)NC(C)C)cc2)cc1. The first kappa shape index (κ1) is 16.5. The van der Waals surface area contributed by atoms with E-state index in [0.717, 1.165) is 0 Å². The fraction of sp³-hybridized carbons (Fsp3) is 0.222. The molecule has 0 atom stereocenters. The normalized spacial score (nSPS) is 10.3. The molecule has 0 aromatic heterocycles. The molecule has 0 aliphatic carbocycles. The third kappa shape index (κ3) is 4.57. The Kier molecular flexibility index (Phi) is 5.36. The zero-order chi connectivity index (χ0) is 16.8. The first-order valence-electron chi connectivity index (χ1n) is 7.36. The maximum atomic E-state index is 12.1. The predicted molar refractivity (Wildman–Crippen MR) is 90.0 cm³/mol. The van der Waals surface area contributed by atoms with Crippen molar-refractivity contribution in [2.45, 2.75) is 19.9 Å². The van der Waals surface area contributed by atoms with Crippen molar-refractivity contribution in [2.24, 2.45) is 0 Å². The largest absolute Gasteiger partial charge is 0.497 e. The van der Waals surface area contributed by atoms with E-state index >= 15 is 0 Å². The van der Waals surface area contributed by atoms with Gasteiger partial charge in [-0.3, -0.25) is 9.59 Å². The molecule has 0 spiro atoms. The Balaban J connectivity index is 2.02. The maximum Gasteiger partial charge on any atom is 0.255 e. The van der Waals surface area contributed by atoms with Crippen LogP contribution in [0.5, 0.6) is 5.75 Å². The molecule has 5 heteroatoms. The molecule has 0 saturated carbocycles. The van der Waals surface area contributed by atoms with Crippen LogP contribution in [0.25, 0.3) is 0 Å². The van der Waals surface area contributed by atoms with Crippen LogP contribution < -0.4 is 15.4 Å². The van der Waals surface area contributed by atoms with Gasteiger partial charge in [-0.15, -0.1) is 0 Å². The van der Waals surface area contributed by atoms with Crippen molar-refractivity contribution in [3.8, 4) is 5.75 Å². The van der Waals surface area contributed by atoms with Crippen LogP contribution in [0.15, 0.2) is 48.5 Å². The molecule has 2 amide bonds. The van der Waals surface area contributed by atoms with Crippen LogP contribution in [0, 0.1) is 0 Å². The summed E-state index contributed by atoms with van der Waals surface area (Å²) in [6, 6.07) is 13.7. The third-order valence-corrected chi connectivity index (χ3v) is 3.18. The Morgan fingerprint density at radius 2 is 1.39 bits per heavy atom. The lowest BCUT2D eigenvalue weighted by Gasteiger charge is -2.09. The zero-order valence-corrected chi connectivity index (χ0v) is 13.4. The minimum Gasteiger partial charge on any atom is -0.497 e. The van der Waals surface area contributed by atoms with Gasteiger partial charge in [-0.05, 0) is 62.4 Å². The monoisotopic (exact) mass is 312 g/mol. The minimum atomic E-state index is -0.216. The summed E-state index contributed by atoms with van der Waals surface area (Å²) in [7, 11) is 1.58. The Bertz CT molecular complexity index is 676. The number of carbonyl (C=O) groups excluding carboxylic acids is 2. The summed E-state index contributed by atoms with van der Waals surface area (Å²) in [5, 5.41) is 5.61. The number of hydrogen-bond donors (Lipinski definition) is 2. The summed E-state index contributed by atoms with van der Waals surface area (Å²) in [5.74, 6) is 0.349. The highest BCUT2D eigenvalue weighted by Crippen LogP contribution is 2.14. The Hall–Kier alpha value is -2.82. The van der Waals surface area contributed by atoms with Gasteiger partial charge in [0.1, 0.15) is 5.75 Å². The van der Waals surface area contributed by atoms with Gasteiger partial charge in [-0.1, -0.05) is 0 Å². The van der Waals surface area contributed by atoms with Crippen LogP contribution in [0.2, 0.25) is 0 Å². The van der Waals surface area contributed by atoms with E-state index in [9.17, 15) is 9.59 Å². The molecule has 0 bridgehead atoms. The molecule has 2 rings (SSSR count). The molecule has 5 nitrogen and oxygen atoms in total. The van der Waals surface area contributed by atoms with Gasteiger partial charge in [-0.2, -0.15) is 0 Å². The first-order chi connectivity index (χ1) is 11.0. The zero-order valence-electron chi connectivity index (χ0n) is 13.4. The van der Waals surface area contributed by atoms with Crippen molar-refractivity contribution in [3.05, 3.63) is 59.7 Å². The lowest BCUT2D eigenvalue weighted by atomic mass is 10.1. The van der Waals surface area contributed by atoms with E-state index in [-0.39, 0.29) is 17.9 Å². The number of anilines is 1. The first-order valence-corrected chi connectivity index (χ1v) is 7.36. The fourth-order valence-corrected chi connectivity index (χ4v) is 2.00. The lowest BCUT2D eigenvalue weighted by molar-refractivity contribution is 0.0942. The summed E-state index contributed by atoms with van der Waals surface area (Å²) >= 11 is 0. The molecule has 2 N–H and O–H groups in total. The van der Waals surface area contributed by atoms with Gasteiger partial charge in [-0.25, -0.2) is 0 Å². The number of nitrogens with one attached hydrogen (secondary N) is 2. The molecule has 0 radical (unpaired) electrons. The van der Waals surface area contributed by atoms with Gasteiger partial charge >= 0.3 is 0 Å². The molecule has 0 aliphatic heterocycles. The topological polar surface area (TPSA) is 67.4 Å². The lowest BCUT2D eigenvalue weighted by Crippen LogP contribution is -2.30. The van der Waals surface area contributed by atoms with Gasteiger partial charge in [0.2, 0.25) is 0 Å². The smallest absolute Gasteiger partial charge is 0.255 e. The van der Waals surface area contributed by atoms with Gasteiger partial charge in [0, 0.05) is 22.9 Å². The molecule has 120 valence electrons. The minimum absolute atomic E-state index is 0.0805. The Labute approximate surface area is 135 Å². The summed E-state index contributed by atoms with van der Waals surface area (Å²) < 4.78 is 5.06. The molecule has 0 unspecified atom stereocenters. The van der Waals surface area contributed by atoms with Gasteiger partial charge in [0.25, 0.3) is 11.8 Å². The van der Waals surface area contributed by atoms with Gasteiger partial charge in [0.15, 0.2) is 0 Å². The number of ether oxygens (including phenoxy) is 1. The summed E-state index contributed by atoms with van der Waals surface area (Å²) in [4.78, 5) is 24.0. The average Bonchev–Trinajstić information content (AvgIpc) is 2.55. The average molecular weight is 312 g/mol. The fourth-order valence-electron chi connectivity index (χ4n) is 2.00. The summed E-state index contributed by atoms with van der Waals surface area (Å²) in [6.45, 7) is 3.81. The highest BCUT2D eigenvalue weighted by Gasteiger charge is 2.09. The highest BCUT2D eigenvalue weighted by molar-refractivity contribution is 6.04. The molecule has 23 heavy (non-hydrogen) atoms. The predicted octanol–water partition coefficient (Wildman–Crippen LogP) is 3.09. The van der Waals surface area contributed by atoms with Crippen molar-refractivity contribution >= 4 is 17.5 Å². The van der Waals surface area contributed by atoms with E-state index < -0.39 is 0 Å². The molecular formula is C18H20N2O3. The molecule has 0 fully saturated rings. The Morgan fingerprint density at radius 1 is 0.870 bits per heavy atom. The summed E-state index contributed by atoms with van der Waals surface area (Å²) in [5.41, 5.74) is 1.72. The molecule has 0 heterocycles. The van der Waals surface area contributed by atoms with Crippen LogP contribution in [0.4, 0.5) is 5.69 Å².